The first kappa shape index (κ1) is 21.6. The van der Waals surface area contributed by atoms with Gasteiger partial charge in [0.25, 0.3) is 0 Å². The molecule has 0 aliphatic carbocycles. The summed E-state index contributed by atoms with van der Waals surface area (Å²) in [5, 5.41) is 11.6. The normalized spacial score (nSPS) is 10.6. The first-order valence-corrected chi connectivity index (χ1v) is 10.7. The van der Waals surface area contributed by atoms with Crippen LogP contribution in [0, 0.1) is 6.92 Å². The highest BCUT2D eigenvalue weighted by molar-refractivity contribution is 7.99. The number of rotatable bonds is 8. The summed E-state index contributed by atoms with van der Waals surface area (Å²) < 4.78 is 1.86. The van der Waals surface area contributed by atoms with Crippen LogP contribution in [0.5, 0.6) is 0 Å². The smallest absolute Gasteiger partial charge is 0.243 e. The number of thioether (sulfide) groups is 1. The lowest BCUT2D eigenvalue weighted by Crippen LogP contribution is -2.36. The molecule has 0 saturated carbocycles. The minimum Gasteiger partial charge on any atom is -0.336 e. The standard InChI is InChI=1S/C22H25N5O2S/c1-4-17-10-6-7-11-18(17)24-20(28)13-26(3)21(29)14-30-22-25-23-15-27(22)19-12-8-5-9-16(19)2/h5-12,15H,4,13-14H2,1-3H3,(H,24,28). The van der Waals surface area contributed by atoms with E-state index in [0.29, 0.717) is 5.16 Å². The molecule has 3 rings (SSSR count). The van der Waals surface area contributed by atoms with Gasteiger partial charge in [-0.2, -0.15) is 0 Å². The number of nitrogens with one attached hydrogen (secondary N) is 1. The Morgan fingerprint density at radius 2 is 1.87 bits per heavy atom. The van der Waals surface area contributed by atoms with E-state index < -0.39 is 0 Å². The fraction of sp³-hybridized carbons (Fsp3) is 0.273. The van der Waals surface area contributed by atoms with Gasteiger partial charge in [0.2, 0.25) is 11.8 Å². The molecule has 0 aliphatic heterocycles. The number of anilines is 1. The lowest BCUT2D eigenvalue weighted by Gasteiger charge is -2.17. The number of hydrogen-bond acceptors (Lipinski definition) is 5. The Morgan fingerprint density at radius 1 is 1.13 bits per heavy atom. The van der Waals surface area contributed by atoms with E-state index in [2.05, 4.69) is 15.5 Å². The summed E-state index contributed by atoms with van der Waals surface area (Å²) in [6, 6.07) is 15.6. The molecular formula is C22H25N5O2S. The number of carbonyl (C=O) groups excluding carboxylic acids is 2. The second-order valence-electron chi connectivity index (χ2n) is 6.87. The van der Waals surface area contributed by atoms with Crippen molar-refractivity contribution in [3.05, 3.63) is 66.0 Å². The van der Waals surface area contributed by atoms with Crippen LogP contribution < -0.4 is 5.32 Å². The molecule has 1 aromatic heterocycles. The van der Waals surface area contributed by atoms with Gasteiger partial charge in [-0.3, -0.25) is 14.2 Å². The van der Waals surface area contributed by atoms with Gasteiger partial charge in [0.05, 0.1) is 18.0 Å². The van der Waals surface area contributed by atoms with E-state index in [-0.39, 0.29) is 24.1 Å². The molecule has 2 amide bonds. The summed E-state index contributed by atoms with van der Waals surface area (Å²) in [4.78, 5) is 26.3. The first-order chi connectivity index (χ1) is 14.5. The van der Waals surface area contributed by atoms with Crippen molar-refractivity contribution in [3.8, 4) is 5.69 Å². The lowest BCUT2D eigenvalue weighted by molar-refractivity contribution is -0.131. The number of amides is 2. The fourth-order valence-electron chi connectivity index (χ4n) is 3.00. The van der Waals surface area contributed by atoms with Gasteiger partial charge in [0.1, 0.15) is 6.33 Å². The van der Waals surface area contributed by atoms with Crippen molar-refractivity contribution in [2.24, 2.45) is 0 Å². The molecule has 0 radical (unpaired) electrons. The van der Waals surface area contributed by atoms with E-state index in [1.54, 1.807) is 13.4 Å². The second kappa shape index (κ2) is 10.1. The second-order valence-corrected chi connectivity index (χ2v) is 7.81. The minimum absolute atomic E-state index is 0.0120. The van der Waals surface area contributed by atoms with E-state index in [1.165, 1.54) is 16.7 Å². The highest BCUT2D eigenvalue weighted by Crippen LogP contribution is 2.22. The Bertz CT molecular complexity index is 1030. The Labute approximate surface area is 180 Å². The molecule has 3 aromatic rings. The van der Waals surface area contributed by atoms with Crippen LogP contribution in [0.3, 0.4) is 0 Å². The molecule has 0 unspecified atom stereocenters. The van der Waals surface area contributed by atoms with Crippen molar-refractivity contribution in [2.75, 3.05) is 24.7 Å². The number of likely N-dealkylation sites (N-methyl/N-ethyl adjacent to an activating group) is 1. The number of aromatic nitrogens is 3. The molecule has 0 aliphatic rings. The molecule has 0 saturated heterocycles. The molecule has 30 heavy (non-hydrogen) atoms. The third-order valence-electron chi connectivity index (χ3n) is 4.70. The minimum atomic E-state index is -0.222. The van der Waals surface area contributed by atoms with Crippen molar-refractivity contribution >= 4 is 29.3 Å². The quantitative estimate of drug-likeness (QED) is 0.562. The summed E-state index contributed by atoms with van der Waals surface area (Å²) in [5.74, 6) is -0.210. The zero-order valence-electron chi connectivity index (χ0n) is 17.3. The maximum Gasteiger partial charge on any atom is 0.243 e. The highest BCUT2D eigenvalue weighted by atomic mass is 32.2. The molecule has 1 N–H and O–H groups in total. The van der Waals surface area contributed by atoms with Crippen molar-refractivity contribution in [3.63, 3.8) is 0 Å². The van der Waals surface area contributed by atoms with Gasteiger partial charge in [0.15, 0.2) is 5.16 Å². The third kappa shape index (κ3) is 5.27. The van der Waals surface area contributed by atoms with Crippen molar-refractivity contribution in [2.45, 2.75) is 25.4 Å². The predicted octanol–water partition coefficient (Wildman–Crippen LogP) is 3.33. The molecule has 8 heteroatoms. The SMILES string of the molecule is CCc1ccccc1NC(=O)CN(C)C(=O)CSc1nncn1-c1ccccc1C. The predicted molar refractivity (Wildman–Crippen MR) is 119 cm³/mol. The summed E-state index contributed by atoms with van der Waals surface area (Å²) >= 11 is 1.30. The van der Waals surface area contributed by atoms with Crippen LogP contribution in [-0.4, -0.2) is 50.8 Å². The summed E-state index contributed by atoms with van der Waals surface area (Å²) in [6.07, 6.45) is 2.46. The molecule has 0 bridgehead atoms. The van der Waals surface area contributed by atoms with Crippen LogP contribution in [0.4, 0.5) is 5.69 Å². The number of benzene rings is 2. The van der Waals surface area contributed by atoms with Gasteiger partial charge in [-0.05, 0) is 36.6 Å². The number of hydrogen-bond donors (Lipinski definition) is 1. The Hall–Kier alpha value is -3.13. The maximum absolute atomic E-state index is 12.5. The molecular weight excluding hydrogens is 398 g/mol. The molecule has 0 spiro atoms. The van der Waals surface area contributed by atoms with Gasteiger partial charge >= 0.3 is 0 Å². The van der Waals surface area contributed by atoms with E-state index in [9.17, 15) is 9.59 Å². The topological polar surface area (TPSA) is 80.1 Å². The maximum atomic E-state index is 12.5. The lowest BCUT2D eigenvalue weighted by atomic mass is 10.1. The average molecular weight is 424 g/mol. The zero-order chi connectivity index (χ0) is 21.5. The molecule has 0 fully saturated rings. The first-order valence-electron chi connectivity index (χ1n) is 9.70. The van der Waals surface area contributed by atoms with Gasteiger partial charge < -0.3 is 10.2 Å². The van der Waals surface area contributed by atoms with E-state index in [4.69, 9.17) is 0 Å². The summed E-state index contributed by atoms with van der Waals surface area (Å²) in [6.45, 7) is 4.04. The largest absolute Gasteiger partial charge is 0.336 e. The zero-order valence-corrected chi connectivity index (χ0v) is 18.1. The average Bonchev–Trinajstić information content (AvgIpc) is 3.21. The van der Waals surface area contributed by atoms with Crippen molar-refractivity contribution in [1.82, 2.24) is 19.7 Å². The van der Waals surface area contributed by atoms with Crippen LogP contribution in [0.25, 0.3) is 5.69 Å². The molecule has 7 nitrogen and oxygen atoms in total. The molecule has 156 valence electrons. The van der Waals surface area contributed by atoms with Crippen molar-refractivity contribution < 1.29 is 9.59 Å². The number of para-hydroxylation sites is 2. The van der Waals surface area contributed by atoms with Crippen LogP contribution in [0.1, 0.15) is 18.1 Å². The fourth-order valence-corrected chi connectivity index (χ4v) is 3.86. The third-order valence-corrected chi connectivity index (χ3v) is 5.62. The van der Waals surface area contributed by atoms with Crippen LogP contribution in [-0.2, 0) is 16.0 Å². The number of aryl methyl sites for hydroxylation is 2. The van der Waals surface area contributed by atoms with E-state index in [1.807, 2.05) is 66.9 Å². The van der Waals surface area contributed by atoms with Gasteiger partial charge in [-0.25, -0.2) is 0 Å². The van der Waals surface area contributed by atoms with Crippen LogP contribution in [0.2, 0.25) is 0 Å². The Morgan fingerprint density at radius 3 is 2.63 bits per heavy atom. The van der Waals surface area contributed by atoms with E-state index >= 15 is 0 Å². The van der Waals surface area contributed by atoms with Gasteiger partial charge in [-0.1, -0.05) is 55.1 Å². The summed E-state index contributed by atoms with van der Waals surface area (Å²) in [5.41, 5.74) is 3.91. The monoisotopic (exact) mass is 423 g/mol. The number of nitrogens with zero attached hydrogens (tertiary/aromatic N) is 4. The molecule has 1 heterocycles. The highest BCUT2D eigenvalue weighted by Gasteiger charge is 2.16. The Kier molecular flexibility index (Phi) is 7.24. The number of carbonyl (C=O) groups is 2. The van der Waals surface area contributed by atoms with Gasteiger partial charge in [-0.15, -0.1) is 10.2 Å². The summed E-state index contributed by atoms with van der Waals surface area (Å²) in [7, 11) is 1.63. The van der Waals surface area contributed by atoms with E-state index in [0.717, 1.165) is 28.9 Å². The van der Waals surface area contributed by atoms with Crippen LogP contribution in [0.15, 0.2) is 60.0 Å². The molecule has 2 aromatic carbocycles. The molecule has 0 atom stereocenters. The van der Waals surface area contributed by atoms with Gasteiger partial charge in [0, 0.05) is 12.7 Å². The Balaban J connectivity index is 1.56. The van der Waals surface area contributed by atoms with Crippen LogP contribution >= 0.6 is 11.8 Å². The van der Waals surface area contributed by atoms with Crippen molar-refractivity contribution in [1.29, 1.82) is 0 Å².